The van der Waals surface area contributed by atoms with E-state index >= 15 is 0 Å². The van der Waals surface area contributed by atoms with Gasteiger partial charge in [-0.1, -0.05) is 11.8 Å². The Kier molecular flexibility index (Phi) is 6.81. The van der Waals surface area contributed by atoms with Gasteiger partial charge in [0.15, 0.2) is 6.61 Å². The number of benzene rings is 1. The van der Waals surface area contributed by atoms with Crippen molar-refractivity contribution in [1.82, 2.24) is 15.1 Å². The third-order valence-electron chi connectivity index (χ3n) is 3.34. The lowest BCUT2D eigenvalue weighted by Gasteiger charge is -2.30. The van der Waals surface area contributed by atoms with Crippen LogP contribution in [0.5, 0.6) is 5.75 Å². The topological polar surface area (TPSA) is 68.5 Å². The summed E-state index contributed by atoms with van der Waals surface area (Å²) in [5, 5.41) is 8.10. The van der Waals surface area contributed by atoms with E-state index in [1.165, 1.54) is 36.0 Å². The summed E-state index contributed by atoms with van der Waals surface area (Å²) in [6.45, 7) is 8.03. The number of hydrogen-bond acceptors (Lipinski definition) is 6. The van der Waals surface area contributed by atoms with Gasteiger partial charge >= 0.3 is 0 Å². The van der Waals surface area contributed by atoms with Gasteiger partial charge in [0.05, 0.1) is 5.75 Å². The molecule has 1 heterocycles. The zero-order valence-corrected chi connectivity index (χ0v) is 15.5. The highest BCUT2D eigenvalue weighted by Gasteiger charge is 2.21. The van der Waals surface area contributed by atoms with E-state index in [-0.39, 0.29) is 36.2 Å². The second kappa shape index (κ2) is 8.84. The minimum Gasteiger partial charge on any atom is -0.484 e. The maximum Gasteiger partial charge on any atom is 0.277 e. The highest BCUT2D eigenvalue weighted by Crippen LogP contribution is 2.19. The summed E-state index contributed by atoms with van der Waals surface area (Å²) in [7, 11) is 0. The van der Waals surface area contributed by atoms with Crippen molar-refractivity contribution in [2.75, 3.05) is 5.75 Å². The molecule has 0 aliphatic carbocycles. The van der Waals surface area contributed by atoms with E-state index in [1.54, 1.807) is 0 Å². The van der Waals surface area contributed by atoms with Crippen LogP contribution in [0.2, 0.25) is 0 Å². The van der Waals surface area contributed by atoms with Crippen molar-refractivity contribution >= 4 is 17.7 Å². The first-order valence-electron chi connectivity index (χ1n) is 8.01. The summed E-state index contributed by atoms with van der Waals surface area (Å²) in [5.41, 5.74) is 0. The molecular weight excluding hydrogens is 345 g/mol. The molecule has 1 aromatic heterocycles. The number of carbonyl (C=O) groups is 1. The van der Waals surface area contributed by atoms with E-state index in [4.69, 9.17) is 9.15 Å². The van der Waals surface area contributed by atoms with Crippen molar-refractivity contribution in [3.05, 3.63) is 36.0 Å². The number of carbonyl (C=O) groups excluding carboxylic acids is 1. The number of halogens is 1. The zero-order valence-electron chi connectivity index (χ0n) is 14.7. The van der Waals surface area contributed by atoms with Gasteiger partial charge in [0, 0.05) is 12.1 Å². The molecule has 0 radical (unpaired) electrons. The van der Waals surface area contributed by atoms with Crippen LogP contribution in [0.3, 0.4) is 0 Å². The van der Waals surface area contributed by atoms with Crippen LogP contribution in [0, 0.1) is 5.82 Å². The maximum atomic E-state index is 12.8. The Hall–Kier alpha value is -2.09. The molecule has 2 rings (SSSR count). The van der Waals surface area contributed by atoms with Gasteiger partial charge in [-0.2, -0.15) is 0 Å². The van der Waals surface area contributed by atoms with Gasteiger partial charge in [-0.15, -0.1) is 10.2 Å². The number of thioether (sulfide) groups is 1. The van der Waals surface area contributed by atoms with Crippen LogP contribution in [0.25, 0.3) is 0 Å². The van der Waals surface area contributed by atoms with E-state index in [0.29, 0.717) is 16.9 Å². The SMILES string of the molecule is CC(C)N(C(=O)CSc1nnc(COc2ccc(F)cc2)o1)C(C)C. The maximum absolute atomic E-state index is 12.8. The Labute approximate surface area is 150 Å². The fourth-order valence-electron chi connectivity index (χ4n) is 2.40. The van der Waals surface area contributed by atoms with Crippen LogP contribution in [-0.4, -0.2) is 38.8 Å². The van der Waals surface area contributed by atoms with E-state index < -0.39 is 0 Å². The van der Waals surface area contributed by atoms with Crippen LogP contribution in [-0.2, 0) is 11.4 Å². The first-order chi connectivity index (χ1) is 11.9. The number of rotatable bonds is 8. The Morgan fingerprint density at radius 2 is 1.84 bits per heavy atom. The van der Waals surface area contributed by atoms with Crippen LogP contribution in [0.15, 0.2) is 33.9 Å². The number of hydrogen-bond donors (Lipinski definition) is 0. The molecule has 6 nitrogen and oxygen atoms in total. The van der Waals surface area contributed by atoms with Crippen molar-refractivity contribution in [3.63, 3.8) is 0 Å². The molecular formula is C17H22FN3O3S. The molecule has 0 unspecified atom stereocenters. The summed E-state index contributed by atoms with van der Waals surface area (Å²) < 4.78 is 23.7. The molecule has 0 aliphatic heterocycles. The Morgan fingerprint density at radius 3 is 2.44 bits per heavy atom. The molecule has 0 N–H and O–H groups in total. The molecule has 8 heteroatoms. The lowest BCUT2D eigenvalue weighted by atomic mass is 10.2. The van der Waals surface area contributed by atoms with Gasteiger partial charge in [-0.25, -0.2) is 4.39 Å². The lowest BCUT2D eigenvalue weighted by molar-refractivity contribution is -0.131. The van der Waals surface area contributed by atoms with Gasteiger partial charge in [0.2, 0.25) is 5.91 Å². The zero-order chi connectivity index (χ0) is 18.4. The number of ether oxygens (including phenoxy) is 1. The number of nitrogens with zero attached hydrogens (tertiary/aromatic N) is 3. The molecule has 0 aliphatic rings. The minimum absolute atomic E-state index is 0.0253. The van der Waals surface area contributed by atoms with E-state index in [1.807, 2.05) is 32.6 Å². The summed E-state index contributed by atoms with van der Waals surface area (Å²) in [6, 6.07) is 5.93. The Morgan fingerprint density at radius 1 is 1.20 bits per heavy atom. The van der Waals surface area contributed by atoms with Crippen LogP contribution >= 0.6 is 11.8 Å². The first kappa shape index (κ1) is 19.2. The summed E-state index contributed by atoms with van der Waals surface area (Å²) in [4.78, 5) is 14.1. The van der Waals surface area contributed by atoms with Crippen molar-refractivity contribution in [2.45, 2.75) is 51.6 Å². The smallest absolute Gasteiger partial charge is 0.277 e. The summed E-state index contributed by atoms with van der Waals surface area (Å²) in [5.74, 6) is 0.733. The van der Waals surface area contributed by atoms with Crippen LogP contribution in [0.1, 0.15) is 33.6 Å². The molecule has 1 aromatic carbocycles. The van der Waals surface area contributed by atoms with Crippen molar-refractivity contribution < 1.29 is 18.3 Å². The van der Waals surface area contributed by atoms with Crippen molar-refractivity contribution in [1.29, 1.82) is 0 Å². The highest BCUT2D eigenvalue weighted by molar-refractivity contribution is 7.99. The fourth-order valence-corrected chi connectivity index (χ4v) is 3.05. The molecule has 0 spiro atoms. The predicted molar refractivity (Wildman–Crippen MR) is 92.9 cm³/mol. The average Bonchev–Trinajstić information content (AvgIpc) is 2.99. The fraction of sp³-hybridized carbons (Fsp3) is 0.471. The molecule has 136 valence electrons. The van der Waals surface area contributed by atoms with Crippen LogP contribution in [0.4, 0.5) is 4.39 Å². The molecule has 2 aromatic rings. The molecule has 0 atom stereocenters. The van der Waals surface area contributed by atoms with Gasteiger partial charge in [0.1, 0.15) is 11.6 Å². The Bertz CT molecular complexity index is 681. The van der Waals surface area contributed by atoms with E-state index in [2.05, 4.69) is 10.2 Å². The average molecular weight is 367 g/mol. The first-order valence-corrected chi connectivity index (χ1v) is 9.00. The lowest BCUT2D eigenvalue weighted by Crippen LogP contribution is -2.43. The highest BCUT2D eigenvalue weighted by atomic mass is 32.2. The standard InChI is InChI=1S/C17H22FN3O3S/c1-11(2)21(12(3)4)16(22)10-25-17-20-19-15(24-17)9-23-14-7-5-13(18)6-8-14/h5-8,11-12H,9-10H2,1-4H3. The second-order valence-corrected chi connectivity index (χ2v) is 6.91. The normalized spacial score (nSPS) is 11.2. The molecule has 25 heavy (non-hydrogen) atoms. The van der Waals surface area contributed by atoms with Gasteiger partial charge in [-0.3, -0.25) is 4.79 Å². The molecule has 0 fully saturated rings. The Balaban J connectivity index is 1.84. The van der Waals surface area contributed by atoms with Gasteiger partial charge in [0.25, 0.3) is 11.1 Å². The predicted octanol–water partition coefficient (Wildman–Crippen LogP) is 3.53. The van der Waals surface area contributed by atoms with Crippen molar-refractivity contribution in [3.8, 4) is 5.75 Å². The summed E-state index contributed by atoms with van der Waals surface area (Å²) in [6.07, 6.45) is 0. The molecule has 0 bridgehead atoms. The van der Waals surface area contributed by atoms with Gasteiger partial charge in [-0.05, 0) is 52.0 Å². The van der Waals surface area contributed by atoms with Crippen molar-refractivity contribution in [2.24, 2.45) is 0 Å². The third kappa shape index (κ3) is 5.74. The van der Waals surface area contributed by atoms with E-state index in [0.717, 1.165) is 0 Å². The molecule has 0 saturated carbocycles. The monoisotopic (exact) mass is 367 g/mol. The third-order valence-corrected chi connectivity index (χ3v) is 4.15. The number of amides is 1. The largest absolute Gasteiger partial charge is 0.484 e. The minimum atomic E-state index is -0.328. The van der Waals surface area contributed by atoms with Gasteiger partial charge < -0.3 is 14.1 Å². The van der Waals surface area contributed by atoms with Crippen LogP contribution < -0.4 is 4.74 Å². The molecule has 1 amide bonds. The second-order valence-electron chi connectivity index (χ2n) is 5.98. The molecule has 0 saturated heterocycles. The number of aromatic nitrogens is 2. The quantitative estimate of drug-likeness (QED) is 0.665. The van der Waals surface area contributed by atoms with E-state index in [9.17, 15) is 9.18 Å². The summed E-state index contributed by atoms with van der Waals surface area (Å²) >= 11 is 1.20.